The summed E-state index contributed by atoms with van der Waals surface area (Å²) in [6, 6.07) is 3.38. The normalized spacial score (nSPS) is 12.8. The van der Waals surface area contributed by atoms with Crippen molar-refractivity contribution in [2.24, 2.45) is 5.92 Å². The van der Waals surface area contributed by atoms with Crippen LogP contribution in [0.1, 0.15) is 31.4 Å². The van der Waals surface area contributed by atoms with Gasteiger partial charge in [-0.2, -0.15) is 0 Å². The summed E-state index contributed by atoms with van der Waals surface area (Å²) in [5, 5.41) is 14.0. The summed E-state index contributed by atoms with van der Waals surface area (Å²) >= 11 is 2.98. The molecule has 0 heterocycles. The van der Waals surface area contributed by atoms with Gasteiger partial charge in [0, 0.05) is 5.56 Å². The monoisotopic (exact) mass is 470 g/mol. The molecule has 1 aromatic carbocycles. The summed E-state index contributed by atoms with van der Waals surface area (Å²) in [7, 11) is 1.51. The molecular weight excluding hydrogens is 444 g/mol. The minimum atomic E-state index is -1.21. The largest absolute Gasteiger partial charge is 0.496 e. The highest BCUT2D eigenvalue weighted by Gasteiger charge is 2.29. The highest BCUT2D eigenvalue weighted by molar-refractivity contribution is 9.09. The van der Waals surface area contributed by atoms with Gasteiger partial charge in [0.05, 0.1) is 31.3 Å². The van der Waals surface area contributed by atoms with Crippen LogP contribution < -0.4 is 15.4 Å². The quantitative estimate of drug-likeness (QED) is 0.422. The first kappa shape index (κ1) is 24.6. The van der Waals surface area contributed by atoms with E-state index in [9.17, 15) is 19.2 Å². The van der Waals surface area contributed by atoms with E-state index in [4.69, 9.17) is 9.84 Å². The number of rotatable bonds is 11. The maximum absolute atomic E-state index is 12.7. The Balaban J connectivity index is 2.90. The second-order valence-electron chi connectivity index (χ2n) is 7.04. The van der Waals surface area contributed by atoms with Crippen LogP contribution in [-0.2, 0) is 25.6 Å². The third-order valence-electron chi connectivity index (χ3n) is 4.27. The van der Waals surface area contributed by atoms with Crippen LogP contribution in [-0.4, -0.2) is 53.2 Å². The molecule has 1 rings (SSSR count). The van der Waals surface area contributed by atoms with E-state index < -0.39 is 36.2 Å². The molecule has 0 bridgehead atoms. The molecule has 2 amide bonds. The highest BCUT2D eigenvalue weighted by atomic mass is 79.9. The Labute approximate surface area is 178 Å². The number of carbonyl (C=O) groups excluding carboxylic acids is 3. The average molecular weight is 471 g/mol. The van der Waals surface area contributed by atoms with E-state index in [1.807, 2.05) is 19.1 Å². The van der Waals surface area contributed by atoms with Gasteiger partial charge in [-0.25, -0.2) is 0 Å². The molecule has 0 saturated heterocycles. The Bertz CT molecular complexity index is 765. The van der Waals surface area contributed by atoms with E-state index in [0.717, 1.165) is 5.56 Å². The number of amides is 2. The molecule has 1 aromatic rings. The van der Waals surface area contributed by atoms with Crippen molar-refractivity contribution in [2.45, 2.75) is 45.7 Å². The zero-order valence-corrected chi connectivity index (χ0v) is 18.5. The number of halogens is 1. The average Bonchev–Trinajstić information content (AvgIpc) is 2.64. The Morgan fingerprint density at radius 1 is 1.17 bits per heavy atom. The van der Waals surface area contributed by atoms with Gasteiger partial charge in [-0.3, -0.25) is 19.2 Å². The number of aryl methyl sites for hydroxylation is 1. The lowest BCUT2D eigenvalue weighted by Gasteiger charge is -2.24. The highest BCUT2D eigenvalue weighted by Crippen LogP contribution is 2.20. The summed E-state index contributed by atoms with van der Waals surface area (Å²) in [5.74, 6) is -2.36. The number of carbonyl (C=O) groups is 4. The van der Waals surface area contributed by atoms with E-state index in [2.05, 4.69) is 26.6 Å². The maximum Gasteiger partial charge on any atom is 0.305 e. The number of benzene rings is 1. The van der Waals surface area contributed by atoms with E-state index in [0.29, 0.717) is 11.3 Å². The van der Waals surface area contributed by atoms with Crippen LogP contribution in [0.3, 0.4) is 0 Å². The van der Waals surface area contributed by atoms with Crippen LogP contribution in [0.2, 0.25) is 0 Å². The van der Waals surface area contributed by atoms with Gasteiger partial charge in [0.15, 0.2) is 5.78 Å². The number of hydrogen-bond donors (Lipinski definition) is 3. The fourth-order valence-electron chi connectivity index (χ4n) is 2.75. The number of Topliss-reactive ketones (excluding diaryl/α,β-unsaturated/α-hetero) is 1. The van der Waals surface area contributed by atoms with Gasteiger partial charge >= 0.3 is 5.97 Å². The number of carboxylic acids is 1. The van der Waals surface area contributed by atoms with Crippen LogP contribution in [0.15, 0.2) is 18.2 Å². The summed E-state index contributed by atoms with van der Waals surface area (Å²) in [6.45, 7) is 5.39. The number of nitrogens with one attached hydrogen (secondary N) is 2. The first-order valence-electron chi connectivity index (χ1n) is 9.12. The Morgan fingerprint density at radius 2 is 1.83 bits per heavy atom. The van der Waals surface area contributed by atoms with E-state index >= 15 is 0 Å². The van der Waals surface area contributed by atoms with Crippen molar-refractivity contribution in [1.82, 2.24) is 10.6 Å². The van der Waals surface area contributed by atoms with Crippen LogP contribution in [0.4, 0.5) is 0 Å². The fourth-order valence-corrected chi connectivity index (χ4v) is 3.14. The second kappa shape index (κ2) is 11.5. The molecule has 3 N–H and O–H groups in total. The smallest absolute Gasteiger partial charge is 0.305 e. The lowest BCUT2D eigenvalue weighted by atomic mass is 10.0. The lowest BCUT2D eigenvalue weighted by Crippen LogP contribution is -2.54. The van der Waals surface area contributed by atoms with E-state index in [-0.39, 0.29) is 23.6 Å². The molecule has 1 unspecified atom stereocenters. The van der Waals surface area contributed by atoms with Crippen molar-refractivity contribution in [1.29, 1.82) is 0 Å². The van der Waals surface area contributed by atoms with Gasteiger partial charge in [0.2, 0.25) is 11.8 Å². The molecule has 0 aliphatic carbocycles. The van der Waals surface area contributed by atoms with Gasteiger partial charge in [0.25, 0.3) is 0 Å². The van der Waals surface area contributed by atoms with Gasteiger partial charge < -0.3 is 20.5 Å². The number of ketones is 1. The predicted octanol–water partition coefficient (Wildman–Crippen LogP) is 1.61. The van der Waals surface area contributed by atoms with Crippen molar-refractivity contribution >= 4 is 39.5 Å². The van der Waals surface area contributed by atoms with Gasteiger partial charge in [-0.1, -0.05) is 47.5 Å². The Hall–Kier alpha value is -2.42. The molecule has 9 heteroatoms. The fraction of sp³-hybridized carbons (Fsp3) is 0.500. The first-order valence-corrected chi connectivity index (χ1v) is 10.2. The number of methoxy groups -OCH3 is 1. The van der Waals surface area contributed by atoms with E-state index in [1.54, 1.807) is 19.9 Å². The third kappa shape index (κ3) is 7.84. The van der Waals surface area contributed by atoms with Crippen LogP contribution in [0.5, 0.6) is 5.75 Å². The molecule has 0 aromatic heterocycles. The molecule has 0 aliphatic heterocycles. The molecular formula is C20H27BrN2O6. The van der Waals surface area contributed by atoms with Crippen molar-refractivity contribution in [3.05, 3.63) is 29.3 Å². The predicted molar refractivity (Wildman–Crippen MR) is 111 cm³/mol. The second-order valence-corrected chi connectivity index (χ2v) is 7.60. The van der Waals surface area contributed by atoms with Crippen LogP contribution in [0.25, 0.3) is 0 Å². The molecule has 0 aliphatic rings. The van der Waals surface area contributed by atoms with E-state index in [1.165, 1.54) is 7.11 Å². The Morgan fingerprint density at radius 3 is 2.34 bits per heavy atom. The van der Waals surface area contributed by atoms with Crippen molar-refractivity contribution < 1.29 is 29.0 Å². The van der Waals surface area contributed by atoms with Crippen molar-refractivity contribution in [3.63, 3.8) is 0 Å². The van der Waals surface area contributed by atoms with Crippen LogP contribution in [0, 0.1) is 12.8 Å². The van der Waals surface area contributed by atoms with Crippen molar-refractivity contribution in [3.8, 4) is 5.75 Å². The summed E-state index contributed by atoms with van der Waals surface area (Å²) < 4.78 is 5.27. The minimum Gasteiger partial charge on any atom is -0.496 e. The summed E-state index contributed by atoms with van der Waals surface area (Å²) in [5.41, 5.74) is 1.66. The summed E-state index contributed by atoms with van der Waals surface area (Å²) in [4.78, 5) is 48.1. The first-order chi connectivity index (χ1) is 13.6. The molecule has 0 radical (unpaired) electrons. The van der Waals surface area contributed by atoms with Gasteiger partial charge in [0.1, 0.15) is 11.8 Å². The number of hydrogen-bond acceptors (Lipinski definition) is 5. The molecule has 8 nitrogen and oxygen atoms in total. The molecule has 0 fully saturated rings. The number of aliphatic carboxylic acids is 1. The standard InChI is InChI=1S/C20H27BrN2O6/c1-11(2)19(20(28)22-14(9-18(26)27)15(24)10-21)23-17(25)8-13-7-12(3)5-6-16(13)29-4/h5-7,11,14,19H,8-10H2,1-4H3,(H,22,28)(H,23,25)(H,26,27)/t14?,19-/m0/s1. The molecule has 0 saturated carbocycles. The number of carboxylic acid groups (broad SMARTS) is 1. The van der Waals surface area contributed by atoms with Crippen LogP contribution >= 0.6 is 15.9 Å². The minimum absolute atomic E-state index is 0.0141. The lowest BCUT2D eigenvalue weighted by molar-refractivity contribution is -0.140. The molecule has 160 valence electrons. The van der Waals surface area contributed by atoms with Gasteiger partial charge in [-0.05, 0) is 18.9 Å². The number of alkyl halides is 1. The molecule has 0 spiro atoms. The Kier molecular flexibility index (Phi) is 9.80. The maximum atomic E-state index is 12.7. The zero-order chi connectivity index (χ0) is 22.1. The van der Waals surface area contributed by atoms with Crippen molar-refractivity contribution in [2.75, 3.05) is 12.4 Å². The molecule has 2 atom stereocenters. The number of ether oxygens (including phenoxy) is 1. The molecule has 29 heavy (non-hydrogen) atoms. The topological polar surface area (TPSA) is 122 Å². The zero-order valence-electron chi connectivity index (χ0n) is 17.0. The third-order valence-corrected chi connectivity index (χ3v) is 4.82. The van der Waals surface area contributed by atoms with Gasteiger partial charge in [-0.15, -0.1) is 0 Å². The summed E-state index contributed by atoms with van der Waals surface area (Å²) in [6.07, 6.45) is -0.518. The SMILES string of the molecule is COc1ccc(C)cc1CC(=O)N[C@H](C(=O)NC(CC(=O)O)C(=O)CBr)C(C)C.